The fourth-order valence-corrected chi connectivity index (χ4v) is 0.937. The quantitative estimate of drug-likeness (QED) is 0.619. The van der Waals surface area contributed by atoms with Gasteiger partial charge < -0.3 is 20.1 Å². The van der Waals surface area contributed by atoms with Gasteiger partial charge in [0.25, 0.3) is 0 Å². The van der Waals surface area contributed by atoms with Crippen LogP contribution in [0.15, 0.2) is 0 Å². The molecule has 0 bridgehead atoms. The van der Waals surface area contributed by atoms with Crippen molar-refractivity contribution in [3.05, 3.63) is 0 Å². The average Bonchev–Trinajstić information content (AvgIpc) is 2.23. The number of ether oxygens (including phenoxy) is 2. The van der Waals surface area contributed by atoms with Crippen molar-refractivity contribution in [2.45, 2.75) is 25.5 Å². The highest BCUT2D eigenvalue weighted by Crippen LogP contribution is 2.00. The number of rotatable bonds is 7. The Labute approximate surface area is 91.5 Å². The minimum Gasteiger partial charge on any atom is -0.382 e. The molecule has 15 heavy (non-hydrogen) atoms. The highest BCUT2D eigenvalue weighted by Gasteiger charge is 2.25. The van der Waals surface area contributed by atoms with E-state index in [4.69, 9.17) is 9.47 Å². The van der Waals surface area contributed by atoms with Crippen molar-refractivity contribution in [1.82, 2.24) is 10.6 Å². The molecule has 0 aliphatic carbocycles. The number of methoxy groups -OCH3 is 2. The van der Waals surface area contributed by atoms with Crippen LogP contribution in [-0.4, -0.2) is 52.0 Å². The first-order valence-corrected chi connectivity index (χ1v) is 4.97. The number of carbonyl (C=O) groups excluding carboxylic acids is 1. The molecule has 0 aliphatic heterocycles. The largest absolute Gasteiger partial charge is 0.382 e. The van der Waals surface area contributed by atoms with Gasteiger partial charge in [0.15, 0.2) is 0 Å². The highest BCUT2D eigenvalue weighted by molar-refractivity contribution is 5.85. The van der Waals surface area contributed by atoms with Crippen LogP contribution in [0, 0.1) is 0 Å². The van der Waals surface area contributed by atoms with Gasteiger partial charge in [0.1, 0.15) is 0 Å². The molecule has 0 radical (unpaired) electrons. The molecule has 0 aromatic carbocycles. The fraction of sp³-hybridized carbons (Fsp3) is 0.900. The molecule has 2 N–H and O–H groups in total. The van der Waals surface area contributed by atoms with Crippen molar-refractivity contribution in [2.24, 2.45) is 0 Å². The second-order valence-corrected chi connectivity index (χ2v) is 3.90. The van der Waals surface area contributed by atoms with E-state index in [1.807, 2.05) is 13.8 Å². The van der Waals surface area contributed by atoms with Crippen molar-refractivity contribution >= 4 is 5.91 Å². The van der Waals surface area contributed by atoms with E-state index in [-0.39, 0.29) is 12.0 Å². The smallest absolute Gasteiger partial charge is 0.239 e. The molecule has 1 amide bonds. The molecule has 0 fully saturated rings. The maximum atomic E-state index is 11.7. The first-order valence-electron chi connectivity index (χ1n) is 4.97. The molecule has 0 rings (SSSR count). The Morgan fingerprint density at radius 3 is 2.40 bits per heavy atom. The van der Waals surface area contributed by atoms with Crippen molar-refractivity contribution in [3.63, 3.8) is 0 Å². The van der Waals surface area contributed by atoms with E-state index in [2.05, 4.69) is 10.6 Å². The number of amides is 1. The zero-order valence-corrected chi connectivity index (χ0v) is 10.2. The van der Waals surface area contributed by atoms with E-state index in [0.29, 0.717) is 13.2 Å². The standard InChI is InChI=1S/C10H22N2O3/c1-10(2,11-3)9(13)12-6-8(15-5)7-14-4/h8,11H,6-7H2,1-5H3,(H,12,13). The van der Waals surface area contributed by atoms with Crippen molar-refractivity contribution in [3.8, 4) is 0 Å². The van der Waals surface area contributed by atoms with Crippen LogP contribution in [-0.2, 0) is 14.3 Å². The molecular weight excluding hydrogens is 196 g/mol. The molecule has 1 atom stereocenters. The Bertz CT molecular complexity index is 195. The monoisotopic (exact) mass is 218 g/mol. The summed E-state index contributed by atoms with van der Waals surface area (Å²) in [6.07, 6.45) is -0.105. The van der Waals surface area contributed by atoms with Gasteiger partial charge >= 0.3 is 0 Å². The lowest BCUT2D eigenvalue weighted by atomic mass is 10.1. The summed E-state index contributed by atoms with van der Waals surface area (Å²) in [6.45, 7) is 4.56. The topological polar surface area (TPSA) is 59.6 Å². The van der Waals surface area contributed by atoms with Gasteiger partial charge in [-0.2, -0.15) is 0 Å². The van der Waals surface area contributed by atoms with Gasteiger partial charge in [-0.05, 0) is 20.9 Å². The zero-order chi connectivity index (χ0) is 11.9. The molecule has 0 saturated carbocycles. The van der Waals surface area contributed by atoms with Gasteiger partial charge in [0.2, 0.25) is 5.91 Å². The van der Waals surface area contributed by atoms with Crippen LogP contribution >= 0.6 is 0 Å². The van der Waals surface area contributed by atoms with Crippen LogP contribution in [0.5, 0.6) is 0 Å². The second kappa shape index (κ2) is 6.76. The lowest BCUT2D eigenvalue weighted by Gasteiger charge is -2.24. The molecule has 0 aliphatic rings. The van der Waals surface area contributed by atoms with E-state index in [0.717, 1.165) is 0 Å². The Morgan fingerprint density at radius 1 is 1.40 bits per heavy atom. The van der Waals surface area contributed by atoms with E-state index < -0.39 is 5.54 Å². The molecule has 0 saturated heterocycles. The zero-order valence-electron chi connectivity index (χ0n) is 10.2. The average molecular weight is 218 g/mol. The maximum absolute atomic E-state index is 11.7. The highest BCUT2D eigenvalue weighted by atomic mass is 16.5. The molecule has 0 spiro atoms. The predicted molar refractivity (Wildman–Crippen MR) is 58.8 cm³/mol. The molecule has 0 heterocycles. The van der Waals surface area contributed by atoms with Gasteiger partial charge in [0, 0.05) is 20.8 Å². The predicted octanol–water partition coefficient (Wildman–Crippen LogP) is -0.238. The summed E-state index contributed by atoms with van der Waals surface area (Å²) >= 11 is 0. The SMILES string of the molecule is CNC(C)(C)C(=O)NCC(COC)OC. The fourth-order valence-electron chi connectivity index (χ4n) is 0.937. The third-order valence-electron chi connectivity index (χ3n) is 2.37. The molecule has 1 unspecified atom stereocenters. The summed E-state index contributed by atoms with van der Waals surface area (Å²) in [5, 5.41) is 5.73. The van der Waals surface area contributed by atoms with Crippen molar-refractivity contribution < 1.29 is 14.3 Å². The summed E-state index contributed by atoms with van der Waals surface area (Å²) in [6, 6.07) is 0. The summed E-state index contributed by atoms with van der Waals surface area (Å²) in [5.41, 5.74) is -0.564. The van der Waals surface area contributed by atoms with Crippen LogP contribution in [0.1, 0.15) is 13.8 Å². The number of hydrogen-bond acceptors (Lipinski definition) is 4. The third-order valence-corrected chi connectivity index (χ3v) is 2.37. The van der Waals surface area contributed by atoms with E-state index in [1.165, 1.54) is 0 Å². The first-order chi connectivity index (χ1) is 6.97. The first kappa shape index (κ1) is 14.3. The van der Waals surface area contributed by atoms with Gasteiger partial charge in [-0.25, -0.2) is 0 Å². The summed E-state index contributed by atoms with van der Waals surface area (Å²) < 4.78 is 10.1. The molecule has 0 aromatic rings. The lowest BCUT2D eigenvalue weighted by molar-refractivity contribution is -0.127. The van der Waals surface area contributed by atoms with Crippen LogP contribution in [0.3, 0.4) is 0 Å². The van der Waals surface area contributed by atoms with Crippen LogP contribution in [0.2, 0.25) is 0 Å². The molecular formula is C10H22N2O3. The van der Waals surface area contributed by atoms with Gasteiger partial charge in [-0.15, -0.1) is 0 Å². The summed E-state index contributed by atoms with van der Waals surface area (Å²) in [4.78, 5) is 11.7. The minimum atomic E-state index is -0.564. The van der Waals surface area contributed by atoms with E-state index in [1.54, 1.807) is 21.3 Å². The van der Waals surface area contributed by atoms with Crippen LogP contribution in [0.4, 0.5) is 0 Å². The number of likely N-dealkylation sites (N-methyl/N-ethyl adjacent to an activating group) is 1. The summed E-state index contributed by atoms with van der Waals surface area (Å²) in [5.74, 6) is -0.0526. The second-order valence-electron chi connectivity index (χ2n) is 3.90. The Balaban J connectivity index is 3.98. The van der Waals surface area contributed by atoms with E-state index in [9.17, 15) is 4.79 Å². The minimum absolute atomic E-state index is 0.0526. The molecule has 5 heteroatoms. The number of nitrogens with one attached hydrogen (secondary N) is 2. The van der Waals surface area contributed by atoms with E-state index >= 15 is 0 Å². The Hall–Kier alpha value is -0.650. The van der Waals surface area contributed by atoms with Crippen molar-refractivity contribution in [2.75, 3.05) is 34.4 Å². The normalized spacial score (nSPS) is 13.7. The van der Waals surface area contributed by atoms with Gasteiger partial charge in [-0.1, -0.05) is 0 Å². The number of carbonyl (C=O) groups is 1. The summed E-state index contributed by atoms with van der Waals surface area (Å²) in [7, 11) is 4.95. The molecule has 0 aromatic heterocycles. The number of hydrogen-bond donors (Lipinski definition) is 2. The van der Waals surface area contributed by atoms with Gasteiger partial charge in [0.05, 0.1) is 18.2 Å². The third kappa shape index (κ3) is 5.11. The van der Waals surface area contributed by atoms with Crippen LogP contribution in [0.25, 0.3) is 0 Å². The van der Waals surface area contributed by atoms with Crippen LogP contribution < -0.4 is 10.6 Å². The maximum Gasteiger partial charge on any atom is 0.239 e. The Kier molecular flexibility index (Phi) is 6.47. The van der Waals surface area contributed by atoms with Crippen molar-refractivity contribution in [1.29, 1.82) is 0 Å². The molecule has 90 valence electrons. The Morgan fingerprint density at radius 2 is 2.00 bits per heavy atom. The lowest BCUT2D eigenvalue weighted by Crippen LogP contribution is -2.52. The molecule has 5 nitrogen and oxygen atoms in total. The van der Waals surface area contributed by atoms with Gasteiger partial charge in [-0.3, -0.25) is 4.79 Å².